The second-order valence-electron chi connectivity index (χ2n) is 3.31. The van der Waals surface area contributed by atoms with Gasteiger partial charge in [0.2, 0.25) is 0 Å². The Morgan fingerprint density at radius 1 is 1.31 bits per heavy atom. The maximum atomic E-state index is 11.6. The number of aromatic nitrogens is 2. The number of rotatable bonds is 3. The lowest BCUT2D eigenvalue weighted by Gasteiger charge is -2.03. The fourth-order valence-electron chi connectivity index (χ4n) is 1.27. The Kier molecular flexibility index (Phi) is 2.86. The first-order chi connectivity index (χ1) is 7.75. The molecule has 3 N–H and O–H groups in total. The summed E-state index contributed by atoms with van der Waals surface area (Å²) in [5, 5.41) is 18.3. The van der Waals surface area contributed by atoms with Crippen LogP contribution in [0.1, 0.15) is 16.1 Å². The molecule has 5 heteroatoms. The number of nitrogens with zero attached hydrogens (tertiary/aromatic N) is 1. The molecule has 1 heterocycles. The normalized spacial score (nSPS) is 10.0. The summed E-state index contributed by atoms with van der Waals surface area (Å²) in [4.78, 5) is 11.6. The van der Waals surface area contributed by atoms with Crippen LogP contribution in [0.5, 0.6) is 5.75 Å². The van der Waals surface area contributed by atoms with Crippen LogP contribution in [-0.4, -0.2) is 21.2 Å². The van der Waals surface area contributed by atoms with Crippen LogP contribution in [-0.2, 0) is 6.54 Å². The molecule has 16 heavy (non-hydrogen) atoms. The number of phenolic OH excluding ortho intramolecular Hbond substituents is 1. The van der Waals surface area contributed by atoms with Crippen LogP contribution in [0.25, 0.3) is 0 Å². The standard InChI is InChI=1S/C11H11N3O2/c15-10-3-1-8(2-4-10)11(16)12-7-9-5-6-13-14-9/h1-6,15H,7H2,(H,12,16)(H,13,14). The highest BCUT2D eigenvalue weighted by Crippen LogP contribution is 2.09. The van der Waals surface area contributed by atoms with Crippen molar-refractivity contribution in [3.05, 3.63) is 47.8 Å². The van der Waals surface area contributed by atoms with Gasteiger partial charge in [-0.1, -0.05) is 0 Å². The summed E-state index contributed by atoms with van der Waals surface area (Å²) in [7, 11) is 0. The topological polar surface area (TPSA) is 78.0 Å². The van der Waals surface area contributed by atoms with E-state index in [9.17, 15) is 4.79 Å². The molecule has 0 spiro atoms. The van der Waals surface area contributed by atoms with E-state index < -0.39 is 0 Å². The Hall–Kier alpha value is -2.30. The number of hydrogen-bond donors (Lipinski definition) is 3. The van der Waals surface area contributed by atoms with Crippen molar-refractivity contribution < 1.29 is 9.90 Å². The van der Waals surface area contributed by atoms with Crippen LogP contribution in [0.2, 0.25) is 0 Å². The highest BCUT2D eigenvalue weighted by atomic mass is 16.3. The summed E-state index contributed by atoms with van der Waals surface area (Å²) in [6.07, 6.45) is 1.63. The molecule has 0 radical (unpaired) electrons. The Labute approximate surface area is 92.1 Å². The number of carbonyl (C=O) groups is 1. The Balaban J connectivity index is 1.95. The average Bonchev–Trinajstić information content (AvgIpc) is 2.80. The number of carbonyl (C=O) groups excluding carboxylic acids is 1. The van der Waals surface area contributed by atoms with Crippen LogP contribution in [0.15, 0.2) is 36.5 Å². The lowest BCUT2D eigenvalue weighted by Crippen LogP contribution is -2.22. The van der Waals surface area contributed by atoms with E-state index in [2.05, 4.69) is 15.5 Å². The molecule has 2 aromatic rings. The maximum Gasteiger partial charge on any atom is 0.251 e. The van der Waals surface area contributed by atoms with Crippen LogP contribution in [0.3, 0.4) is 0 Å². The highest BCUT2D eigenvalue weighted by Gasteiger charge is 2.04. The monoisotopic (exact) mass is 217 g/mol. The van der Waals surface area contributed by atoms with Gasteiger partial charge < -0.3 is 10.4 Å². The zero-order valence-electron chi connectivity index (χ0n) is 8.47. The molecule has 82 valence electrons. The van der Waals surface area contributed by atoms with Gasteiger partial charge in [-0.25, -0.2) is 0 Å². The van der Waals surface area contributed by atoms with E-state index in [0.717, 1.165) is 5.69 Å². The summed E-state index contributed by atoms with van der Waals surface area (Å²) in [5.74, 6) is -0.0419. The van der Waals surface area contributed by atoms with E-state index in [4.69, 9.17) is 5.11 Å². The number of nitrogens with one attached hydrogen (secondary N) is 2. The number of hydrogen-bond acceptors (Lipinski definition) is 3. The van der Waals surface area contributed by atoms with Gasteiger partial charge in [-0.2, -0.15) is 5.10 Å². The van der Waals surface area contributed by atoms with Crippen LogP contribution in [0.4, 0.5) is 0 Å². The summed E-state index contributed by atoms with van der Waals surface area (Å²) < 4.78 is 0. The van der Waals surface area contributed by atoms with Gasteiger partial charge in [0.1, 0.15) is 5.75 Å². The molecule has 0 atom stereocenters. The second kappa shape index (κ2) is 4.48. The summed E-state index contributed by atoms with van der Waals surface area (Å²) in [6.45, 7) is 0.402. The highest BCUT2D eigenvalue weighted by molar-refractivity contribution is 5.94. The summed E-state index contributed by atoms with van der Waals surface area (Å²) >= 11 is 0. The largest absolute Gasteiger partial charge is 0.508 e. The minimum Gasteiger partial charge on any atom is -0.508 e. The SMILES string of the molecule is O=C(NCc1ccn[nH]1)c1ccc(O)cc1. The molecule has 0 saturated heterocycles. The molecule has 1 aromatic heterocycles. The fraction of sp³-hybridized carbons (Fsp3) is 0.0909. The molecular formula is C11H11N3O2. The first-order valence-electron chi connectivity index (χ1n) is 4.81. The van der Waals surface area contributed by atoms with Gasteiger partial charge >= 0.3 is 0 Å². The molecule has 0 aliphatic carbocycles. The molecule has 1 aromatic carbocycles. The number of benzene rings is 1. The molecule has 0 aliphatic rings. The van der Waals surface area contributed by atoms with Crippen LogP contribution >= 0.6 is 0 Å². The van der Waals surface area contributed by atoms with Crippen molar-refractivity contribution in [3.63, 3.8) is 0 Å². The van der Waals surface area contributed by atoms with Crippen molar-refractivity contribution in [2.45, 2.75) is 6.54 Å². The Morgan fingerprint density at radius 3 is 2.69 bits per heavy atom. The number of H-pyrrole nitrogens is 1. The van der Waals surface area contributed by atoms with Gasteiger partial charge in [-0.15, -0.1) is 0 Å². The molecule has 0 fully saturated rings. The fourth-order valence-corrected chi connectivity index (χ4v) is 1.27. The molecular weight excluding hydrogens is 206 g/mol. The molecule has 1 amide bonds. The predicted molar refractivity (Wildman–Crippen MR) is 57.9 cm³/mol. The van der Waals surface area contributed by atoms with Crippen molar-refractivity contribution in [1.82, 2.24) is 15.5 Å². The van der Waals surface area contributed by atoms with Crippen molar-refractivity contribution >= 4 is 5.91 Å². The number of aromatic hydroxyl groups is 1. The summed E-state index contributed by atoms with van der Waals surface area (Å²) in [6, 6.07) is 7.88. The third-order valence-electron chi connectivity index (χ3n) is 2.13. The van der Waals surface area contributed by atoms with Crippen molar-refractivity contribution in [1.29, 1.82) is 0 Å². The number of aromatic amines is 1. The van der Waals surface area contributed by atoms with Gasteiger partial charge in [0.25, 0.3) is 5.91 Å². The average molecular weight is 217 g/mol. The van der Waals surface area contributed by atoms with E-state index in [1.807, 2.05) is 0 Å². The first-order valence-corrected chi connectivity index (χ1v) is 4.81. The van der Waals surface area contributed by atoms with Gasteiger partial charge in [0.05, 0.1) is 12.2 Å². The van der Waals surface area contributed by atoms with Crippen LogP contribution in [0, 0.1) is 0 Å². The molecule has 5 nitrogen and oxygen atoms in total. The van der Waals surface area contributed by atoms with Gasteiger partial charge in [-0.05, 0) is 30.3 Å². The van der Waals surface area contributed by atoms with Crippen LogP contribution < -0.4 is 5.32 Å². The van der Waals surface area contributed by atoms with E-state index in [1.54, 1.807) is 24.4 Å². The molecule has 0 unspecified atom stereocenters. The van der Waals surface area contributed by atoms with Gasteiger partial charge in [0.15, 0.2) is 0 Å². The number of amides is 1. The first kappa shape index (κ1) is 10.2. The zero-order chi connectivity index (χ0) is 11.4. The van der Waals surface area contributed by atoms with Gasteiger partial charge in [-0.3, -0.25) is 9.89 Å². The van der Waals surface area contributed by atoms with E-state index in [-0.39, 0.29) is 11.7 Å². The molecule has 0 bridgehead atoms. The minimum atomic E-state index is -0.186. The summed E-state index contributed by atoms with van der Waals surface area (Å²) in [5.41, 5.74) is 1.35. The predicted octanol–water partition coefficient (Wildman–Crippen LogP) is 1.05. The second-order valence-corrected chi connectivity index (χ2v) is 3.31. The minimum absolute atomic E-state index is 0.144. The van der Waals surface area contributed by atoms with Crippen molar-refractivity contribution in [2.24, 2.45) is 0 Å². The van der Waals surface area contributed by atoms with Crippen molar-refractivity contribution in [2.75, 3.05) is 0 Å². The number of phenols is 1. The third kappa shape index (κ3) is 2.38. The molecule has 0 aliphatic heterocycles. The lowest BCUT2D eigenvalue weighted by molar-refractivity contribution is 0.0950. The Morgan fingerprint density at radius 2 is 2.06 bits per heavy atom. The third-order valence-corrected chi connectivity index (χ3v) is 2.13. The Bertz CT molecular complexity index is 462. The lowest BCUT2D eigenvalue weighted by atomic mass is 10.2. The zero-order valence-corrected chi connectivity index (χ0v) is 8.47. The molecule has 2 rings (SSSR count). The smallest absolute Gasteiger partial charge is 0.251 e. The molecule has 0 saturated carbocycles. The van der Waals surface area contributed by atoms with E-state index >= 15 is 0 Å². The van der Waals surface area contributed by atoms with Crippen molar-refractivity contribution in [3.8, 4) is 5.75 Å². The van der Waals surface area contributed by atoms with E-state index in [0.29, 0.717) is 12.1 Å². The maximum absolute atomic E-state index is 11.6. The van der Waals surface area contributed by atoms with Gasteiger partial charge in [0, 0.05) is 11.8 Å². The quantitative estimate of drug-likeness (QED) is 0.719. The van der Waals surface area contributed by atoms with E-state index in [1.165, 1.54) is 12.1 Å².